The van der Waals surface area contributed by atoms with Gasteiger partial charge in [-0.2, -0.15) is 0 Å². The lowest BCUT2D eigenvalue weighted by Gasteiger charge is -2.12. The Morgan fingerprint density at radius 3 is 2.52 bits per heavy atom. The van der Waals surface area contributed by atoms with Crippen LogP contribution in [0, 0.1) is 0 Å². The molecule has 1 aliphatic rings. The van der Waals surface area contributed by atoms with Crippen molar-refractivity contribution in [3.8, 4) is 0 Å². The van der Waals surface area contributed by atoms with E-state index in [-0.39, 0.29) is 18.4 Å². The van der Waals surface area contributed by atoms with Crippen LogP contribution in [-0.2, 0) is 17.8 Å². The van der Waals surface area contributed by atoms with E-state index >= 15 is 0 Å². The number of amides is 2. The largest absolute Gasteiger partial charge is 0.349 e. The summed E-state index contributed by atoms with van der Waals surface area (Å²) in [7, 11) is 0. The molecule has 0 atom stereocenters. The summed E-state index contributed by atoms with van der Waals surface area (Å²) in [4.78, 5) is 29.5. The van der Waals surface area contributed by atoms with Gasteiger partial charge >= 0.3 is 0 Å². The zero-order chi connectivity index (χ0) is 20.2. The van der Waals surface area contributed by atoms with Crippen molar-refractivity contribution in [1.82, 2.24) is 14.9 Å². The second kappa shape index (κ2) is 8.47. The predicted octanol–water partition coefficient (Wildman–Crippen LogP) is 3.91. The first kappa shape index (κ1) is 19.2. The Bertz CT molecular complexity index is 1020. The molecular formula is C23H26N4O2. The van der Waals surface area contributed by atoms with E-state index in [2.05, 4.69) is 15.6 Å². The zero-order valence-corrected chi connectivity index (χ0v) is 16.6. The highest BCUT2D eigenvalue weighted by Gasteiger charge is 2.18. The van der Waals surface area contributed by atoms with Gasteiger partial charge in [-0.3, -0.25) is 9.59 Å². The first-order valence-corrected chi connectivity index (χ1v) is 10.3. The van der Waals surface area contributed by atoms with Crippen LogP contribution < -0.4 is 10.6 Å². The molecule has 6 heteroatoms. The summed E-state index contributed by atoms with van der Waals surface area (Å²) in [6.45, 7) is 2.23. The van der Waals surface area contributed by atoms with Crippen molar-refractivity contribution in [2.45, 2.75) is 51.6 Å². The first-order chi connectivity index (χ1) is 14.1. The molecule has 0 aliphatic heterocycles. The van der Waals surface area contributed by atoms with Gasteiger partial charge in [0.25, 0.3) is 5.91 Å². The van der Waals surface area contributed by atoms with Crippen LogP contribution in [0.3, 0.4) is 0 Å². The van der Waals surface area contributed by atoms with Gasteiger partial charge < -0.3 is 15.2 Å². The lowest BCUT2D eigenvalue weighted by atomic mass is 10.1. The number of para-hydroxylation sites is 2. The SMILES string of the molecule is CCc1nc2ccccc2n1CC(=O)Nc1ccc(C(=O)NC2CCCC2)cc1. The van der Waals surface area contributed by atoms with Gasteiger partial charge in [0, 0.05) is 23.7 Å². The molecule has 0 spiro atoms. The van der Waals surface area contributed by atoms with Gasteiger partial charge in [-0.05, 0) is 49.2 Å². The van der Waals surface area contributed by atoms with Crippen LogP contribution in [-0.4, -0.2) is 27.4 Å². The average Bonchev–Trinajstić information content (AvgIpc) is 3.36. The maximum absolute atomic E-state index is 12.6. The maximum Gasteiger partial charge on any atom is 0.251 e. The number of rotatable bonds is 6. The van der Waals surface area contributed by atoms with Crippen LogP contribution in [0.4, 0.5) is 5.69 Å². The molecule has 0 saturated heterocycles. The van der Waals surface area contributed by atoms with Crippen molar-refractivity contribution in [3.05, 3.63) is 59.9 Å². The highest BCUT2D eigenvalue weighted by molar-refractivity contribution is 5.96. The molecule has 150 valence electrons. The van der Waals surface area contributed by atoms with E-state index in [1.165, 1.54) is 12.8 Å². The monoisotopic (exact) mass is 390 g/mol. The number of imidazole rings is 1. The van der Waals surface area contributed by atoms with E-state index in [9.17, 15) is 9.59 Å². The molecule has 2 N–H and O–H groups in total. The Morgan fingerprint density at radius 1 is 1.07 bits per heavy atom. The number of carbonyl (C=O) groups excluding carboxylic acids is 2. The summed E-state index contributed by atoms with van der Waals surface area (Å²) < 4.78 is 1.95. The first-order valence-electron chi connectivity index (χ1n) is 10.3. The van der Waals surface area contributed by atoms with E-state index in [4.69, 9.17) is 0 Å². The molecule has 2 aromatic carbocycles. The molecule has 1 heterocycles. The fourth-order valence-corrected chi connectivity index (χ4v) is 3.96. The second-order valence-corrected chi connectivity index (χ2v) is 7.54. The molecule has 0 unspecified atom stereocenters. The van der Waals surface area contributed by atoms with Crippen LogP contribution >= 0.6 is 0 Å². The molecule has 1 saturated carbocycles. The summed E-state index contributed by atoms with van der Waals surface area (Å²) in [5.74, 6) is 0.721. The van der Waals surface area contributed by atoms with Crippen molar-refractivity contribution in [3.63, 3.8) is 0 Å². The Kier molecular flexibility index (Phi) is 5.60. The maximum atomic E-state index is 12.6. The minimum Gasteiger partial charge on any atom is -0.349 e. The molecular weight excluding hydrogens is 364 g/mol. The minimum absolute atomic E-state index is 0.0488. The average molecular weight is 390 g/mol. The molecule has 2 amide bonds. The van der Waals surface area contributed by atoms with Crippen molar-refractivity contribution in [2.24, 2.45) is 0 Å². The fourth-order valence-electron chi connectivity index (χ4n) is 3.96. The Balaban J connectivity index is 1.40. The zero-order valence-electron chi connectivity index (χ0n) is 16.6. The summed E-state index contributed by atoms with van der Waals surface area (Å²) in [6, 6.07) is 15.2. The molecule has 29 heavy (non-hydrogen) atoms. The van der Waals surface area contributed by atoms with Crippen LogP contribution in [0.1, 0.15) is 48.8 Å². The van der Waals surface area contributed by atoms with Crippen molar-refractivity contribution < 1.29 is 9.59 Å². The number of nitrogens with zero attached hydrogens (tertiary/aromatic N) is 2. The Morgan fingerprint density at radius 2 is 1.79 bits per heavy atom. The van der Waals surface area contributed by atoms with Gasteiger partial charge in [0.15, 0.2) is 0 Å². The lowest BCUT2D eigenvalue weighted by molar-refractivity contribution is -0.116. The number of nitrogens with one attached hydrogen (secondary N) is 2. The molecule has 1 aliphatic carbocycles. The number of hydrogen-bond acceptors (Lipinski definition) is 3. The highest BCUT2D eigenvalue weighted by Crippen LogP contribution is 2.19. The Labute approximate surface area is 170 Å². The molecule has 6 nitrogen and oxygen atoms in total. The number of fused-ring (bicyclic) bond motifs is 1. The summed E-state index contributed by atoms with van der Waals surface area (Å²) >= 11 is 0. The van der Waals surface area contributed by atoms with Gasteiger partial charge in [-0.15, -0.1) is 0 Å². The van der Waals surface area contributed by atoms with E-state index in [1.54, 1.807) is 24.3 Å². The summed E-state index contributed by atoms with van der Waals surface area (Å²) in [5.41, 5.74) is 3.15. The number of anilines is 1. The molecule has 0 radical (unpaired) electrons. The lowest BCUT2D eigenvalue weighted by Crippen LogP contribution is -2.32. The summed E-state index contributed by atoms with van der Waals surface area (Å²) in [6.07, 6.45) is 5.24. The third-order valence-corrected chi connectivity index (χ3v) is 5.47. The number of carbonyl (C=O) groups is 2. The molecule has 0 bridgehead atoms. The van der Waals surface area contributed by atoms with Crippen LogP contribution in [0.25, 0.3) is 11.0 Å². The summed E-state index contributed by atoms with van der Waals surface area (Å²) in [5, 5.41) is 5.99. The van der Waals surface area contributed by atoms with Crippen molar-refractivity contribution in [2.75, 3.05) is 5.32 Å². The topological polar surface area (TPSA) is 76.0 Å². The molecule has 1 aromatic heterocycles. The van der Waals surface area contributed by atoms with Crippen LogP contribution in [0.2, 0.25) is 0 Å². The molecule has 4 rings (SSSR count). The Hall–Kier alpha value is -3.15. The van der Waals surface area contributed by atoms with Gasteiger partial charge in [0.1, 0.15) is 12.4 Å². The molecule has 1 fully saturated rings. The highest BCUT2D eigenvalue weighted by atomic mass is 16.2. The van der Waals surface area contributed by atoms with Gasteiger partial charge in [-0.25, -0.2) is 4.98 Å². The third-order valence-electron chi connectivity index (χ3n) is 5.47. The fraction of sp³-hybridized carbons (Fsp3) is 0.348. The van der Waals surface area contributed by atoms with E-state index in [0.717, 1.165) is 36.1 Å². The van der Waals surface area contributed by atoms with Crippen LogP contribution in [0.5, 0.6) is 0 Å². The second-order valence-electron chi connectivity index (χ2n) is 7.54. The third kappa shape index (κ3) is 4.31. The predicted molar refractivity (Wildman–Crippen MR) is 114 cm³/mol. The quantitative estimate of drug-likeness (QED) is 0.670. The standard InChI is InChI=1S/C23H26N4O2/c1-2-21-26-19-9-5-6-10-20(19)27(21)15-22(28)24-18-13-11-16(12-14-18)23(29)25-17-7-3-4-8-17/h5-6,9-14,17H,2-4,7-8,15H2,1H3,(H,24,28)(H,25,29). The van der Waals surface area contributed by atoms with E-state index in [1.807, 2.05) is 35.8 Å². The van der Waals surface area contributed by atoms with Crippen LogP contribution in [0.15, 0.2) is 48.5 Å². The van der Waals surface area contributed by atoms with Crippen molar-refractivity contribution in [1.29, 1.82) is 0 Å². The van der Waals surface area contributed by atoms with Gasteiger partial charge in [0.2, 0.25) is 5.91 Å². The number of aryl methyl sites for hydroxylation is 1. The number of hydrogen-bond donors (Lipinski definition) is 2. The normalized spacial score (nSPS) is 14.2. The number of aromatic nitrogens is 2. The van der Waals surface area contributed by atoms with Crippen molar-refractivity contribution >= 4 is 28.5 Å². The van der Waals surface area contributed by atoms with Gasteiger partial charge in [-0.1, -0.05) is 31.9 Å². The van der Waals surface area contributed by atoms with E-state index < -0.39 is 0 Å². The smallest absolute Gasteiger partial charge is 0.251 e. The number of benzene rings is 2. The molecule has 3 aromatic rings. The minimum atomic E-state index is -0.119. The van der Waals surface area contributed by atoms with Gasteiger partial charge in [0.05, 0.1) is 11.0 Å². The van der Waals surface area contributed by atoms with E-state index in [0.29, 0.717) is 17.3 Å².